The van der Waals surface area contributed by atoms with Crippen molar-refractivity contribution in [3.63, 3.8) is 0 Å². The molecule has 128 valence electrons. The molecule has 1 fully saturated rings. The van der Waals surface area contributed by atoms with Gasteiger partial charge in [0.15, 0.2) is 0 Å². The molecule has 3 aromatic rings. The minimum Gasteiger partial charge on any atom is -0.335 e. The zero-order chi connectivity index (χ0) is 17.1. The number of aromatic nitrogens is 2. The molecule has 1 heterocycles. The number of anilines is 1. The molecule has 25 heavy (non-hydrogen) atoms. The lowest BCUT2D eigenvalue weighted by molar-refractivity contribution is 0.242. The van der Waals surface area contributed by atoms with Crippen molar-refractivity contribution in [2.75, 3.05) is 5.32 Å². The van der Waals surface area contributed by atoms with Crippen LogP contribution >= 0.6 is 0 Å². The standard InChI is InChI=1S/C20H22N4O/c25-20(23-18-10-5-11-19-17(18)13-21-24-19)22-16-9-4-8-15(12-16)14-6-2-1-3-7-14/h1-3,5-7,10-11,13,15-16H,4,8-9,12H2,(H,21,24)(H2,22,23,25)/t15-,16+/m0/s1. The van der Waals surface area contributed by atoms with Crippen molar-refractivity contribution >= 4 is 22.6 Å². The van der Waals surface area contributed by atoms with Gasteiger partial charge in [0.05, 0.1) is 17.4 Å². The molecule has 5 nitrogen and oxygen atoms in total. The van der Waals surface area contributed by atoms with Gasteiger partial charge < -0.3 is 10.6 Å². The van der Waals surface area contributed by atoms with Crippen molar-refractivity contribution < 1.29 is 4.79 Å². The van der Waals surface area contributed by atoms with Crippen molar-refractivity contribution in [3.05, 3.63) is 60.3 Å². The fourth-order valence-electron chi connectivity index (χ4n) is 3.77. The number of urea groups is 1. The molecule has 1 aliphatic carbocycles. The summed E-state index contributed by atoms with van der Waals surface area (Å²) in [5, 5.41) is 14.0. The molecular formula is C20H22N4O. The van der Waals surface area contributed by atoms with E-state index in [1.165, 1.54) is 12.0 Å². The van der Waals surface area contributed by atoms with Crippen LogP contribution in [0.1, 0.15) is 37.2 Å². The molecule has 0 spiro atoms. The van der Waals surface area contributed by atoms with Crippen molar-refractivity contribution in [2.45, 2.75) is 37.6 Å². The number of hydrogen-bond acceptors (Lipinski definition) is 2. The van der Waals surface area contributed by atoms with Gasteiger partial charge in [-0.3, -0.25) is 5.10 Å². The largest absolute Gasteiger partial charge is 0.335 e. The third kappa shape index (κ3) is 3.50. The van der Waals surface area contributed by atoms with E-state index in [4.69, 9.17) is 0 Å². The minimum absolute atomic E-state index is 0.146. The van der Waals surface area contributed by atoms with E-state index < -0.39 is 0 Å². The molecule has 4 rings (SSSR count). The Labute approximate surface area is 146 Å². The molecule has 0 radical (unpaired) electrons. The summed E-state index contributed by atoms with van der Waals surface area (Å²) in [6.07, 6.45) is 6.09. The van der Waals surface area contributed by atoms with Gasteiger partial charge in [0.25, 0.3) is 0 Å². The molecule has 0 aliphatic heterocycles. The number of nitrogens with one attached hydrogen (secondary N) is 3. The maximum Gasteiger partial charge on any atom is 0.319 e. The van der Waals surface area contributed by atoms with Gasteiger partial charge in [0.2, 0.25) is 0 Å². The fourth-order valence-corrected chi connectivity index (χ4v) is 3.77. The van der Waals surface area contributed by atoms with E-state index in [1.807, 2.05) is 24.3 Å². The number of carbonyl (C=O) groups excluding carboxylic acids is 1. The van der Waals surface area contributed by atoms with Gasteiger partial charge in [-0.2, -0.15) is 5.10 Å². The van der Waals surface area contributed by atoms with Crippen LogP contribution in [0.3, 0.4) is 0 Å². The number of benzene rings is 2. The summed E-state index contributed by atoms with van der Waals surface area (Å²) in [6, 6.07) is 16.4. The number of carbonyl (C=O) groups is 1. The highest BCUT2D eigenvalue weighted by Gasteiger charge is 2.24. The number of aromatic amines is 1. The first-order chi connectivity index (χ1) is 12.3. The molecule has 2 amide bonds. The van der Waals surface area contributed by atoms with Crippen LogP contribution in [0.4, 0.5) is 10.5 Å². The van der Waals surface area contributed by atoms with E-state index in [0.717, 1.165) is 35.9 Å². The van der Waals surface area contributed by atoms with Gasteiger partial charge in [-0.25, -0.2) is 4.79 Å². The molecule has 0 unspecified atom stereocenters. The van der Waals surface area contributed by atoms with Crippen LogP contribution in [0.15, 0.2) is 54.7 Å². The number of amides is 2. The minimum atomic E-state index is -0.146. The quantitative estimate of drug-likeness (QED) is 0.664. The smallest absolute Gasteiger partial charge is 0.319 e. The summed E-state index contributed by atoms with van der Waals surface area (Å²) in [6.45, 7) is 0. The highest BCUT2D eigenvalue weighted by Crippen LogP contribution is 2.32. The van der Waals surface area contributed by atoms with Gasteiger partial charge in [-0.05, 0) is 42.9 Å². The van der Waals surface area contributed by atoms with Crippen molar-refractivity contribution in [1.82, 2.24) is 15.5 Å². The first-order valence-electron chi connectivity index (χ1n) is 8.84. The van der Waals surface area contributed by atoms with Gasteiger partial charge in [0.1, 0.15) is 0 Å². The maximum atomic E-state index is 12.4. The number of rotatable bonds is 3. The molecule has 0 bridgehead atoms. The Hall–Kier alpha value is -2.82. The lowest BCUT2D eigenvalue weighted by Crippen LogP contribution is -2.40. The maximum absolute atomic E-state index is 12.4. The number of H-pyrrole nitrogens is 1. The van der Waals surface area contributed by atoms with Gasteiger partial charge in [-0.1, -0.05) is 42.8 Å². The highest BCUT2D eigenvalue weighted by atomic mass is 16.2. The van der Waals surface area contributed by atoms with Crippen LogP contribution in [-0.2, 0) is 0 Å². The monoisotopic (exact) mass is 334 g/mol. The molecule has 5 heteroatoms. The van der Waals surface area contributed by atoms with E-state index in [2.05, 4.69) is 45.1 Å². The fraction of sp³-hybridized carbons (Fsp3) is 0.300. The normalized spacial score (nSPS) is 20.3. The van der Waals surface area contributed by atoms with E-state index >= 15 is 0 Å². The Morgan fingerprint density at radius 3 is 2.84 bits per heavy atom. The van der Waals surface area contributed by atoms with Crippen LogP contribution in [0, 0.1) is 0 Å². The third-order valence-electron chi connectivity index (χ3n) is 5.01. The van der Waals surface area contributed by atoms with E-state index in [-0.39, 0.29) is 12.1 Å². The van der Waals surface area contributed by atoms with Crippen LogP contribution in [0.25, 0.3) is 10.9 Å². The molecule has 1 saturated carbocycles. The topological polar surface area (TPSA) is 69.8 Å². The molecule has 2 atom stereocenters. The molecule has 1 aliphatic rings. The van der Waals surface area contributed by atoms with E-state index in [9.17, 15) is 4.79 Å². The summed E-state index contributed by atoms with van der Waals surface area (Å²) in [5.74, 6) is 0.526. The zero-order valence-corrected chi connectivity index (χ0v) is 14.0. The summed E-state index contributed by atoms with van der Waals surface area (Å²) in [4.78, 5) is 12.4. The number of hydrogen-bond donors (Lipinski definition) is 3. The lowest BCUT2D eigenvalue weighted by atomic mass is 9.81. The predicted molar refractivity (Wildman–Crippen MR) is 99.7 cm³/mol. The average molecular weight is 334 g/mol. The Bertz CT molecular complexity index is 858. The van der Waals surface area contributed by atoms with E-state index in [1.54, 1.807) is 6.20 Å². The number of fused-ring (bicyclic) bond motifs is 1. The van der Waals surface area contributed by atoms with Gasteiger partial charge in [0, 0.05) is 11.4 Å². The van der Waals surface area contributed by atoms with Crippen LogP contribution in [0.5, 0.6) is 0 Å². The summed E-state index contributed by atoms with van der Waals surface area (Å²) in [7, 11) is 0. The Kier molecular flexibility index (Phi) is 4.37. The number of nitrogens with zero attached hydrogens (tertiary/aromatic N) is 1. The molecular weight excluding hydrogens is 312 g/mol. The van der Waals surface area contributed by atoms with Crippen molar-refractivity contribution in [2.24, 2.45) is 0 Å². The third-order valence-corrected chi connectivity index (χ3v) is 5.01. The van der Waals surface area contributed by atoms with Crippen LogP contribution < -0.4 is 10.6 Å². The Morgan fingerprint density at radius 1 is 1.08 bits per heavy atom. The second-order valence-corrected chi connectivity index (χ2v) is 6.71. The zero-order valence-electron chi connectivity index (χ0n) is 14.0. The highest BCUT2D eigenvalue weighted by molar-refractivity contribution is 6.00. The second kappa shape index (κ2) is 6.97. The second-order valence-electron chi connectivity index (χ2n) is 6.71. The molecule has 2 aromatic carbocycles. The predicted octanol–water partition coefficient (Wildman–Crippen LogP) is 4.41. The summed E-state index contributed by atoms with van der Waals surface area (Å²) in [5.41, 5.74) is 3.07. The Balaban J connectivity index is 1.40. The van der Waals surface area contributed by atoms with Crippen molar-refractivity contribution in [3.8, 4) is 0 Å². The molecule has 0 saturated heterocycles. The first-order valence-corrected chi connectivity index (χ1v) is 8.84. The van der Waals surface area contributed by atoms with Crippen LogP contribution in [-0.4, -0.2) is 22.3 Å². The Morgan fingerprint density at radius 2 is 1.96 bits per heavy atom. The summed E-state index contributed by atoms with van der Waals surface area (Å²) < 4.78 is 0. The van der Waals surface area contributed by atoms with Crippen LogP contribution in [0.2, 0.25) is 0 Å². The molecule has 1 aromatic heterocycles. The lowest BCUT2D eigenvalue weighted by Gasteiger charge is -2.30. The molecule has 3 N–H and O–H groups in total. The van der Waals surface area contributed by atoms with Gasteiger partial charge in [-0.15, -0.1) is 0 Å². The average Bonchev–Trinajstić information content (AvgIpc) is 3.12. The van der Waals surface area contributed by atoms with Crippen molar-refractivity contribution in [1.29, 1.82) is 0 Å². The first kappa shape index (κ1) is 15.7. The van der Waals surface area contributed by atoms with Gasteiger partial charge >= 0.3 is 6.03 Å². The SMILES string of the molecule is O=C(Nc1cccc2[nH]ncc12)N[C@@H]1CCC[C@H](c2ccccc2)C1. The summed E-state index contributed by atoms with van der Waals surface area (Å²) >= 11 is 0. The van der Waals surface area contributed by atoms with E-state index in [0.29, 0.717) is 5.92 Å².